The van der Waals surface area contributed by atoms with Gasteiger partial charge in [0.1, 0.15) is 9.71 Å². The fourth-order valence-electron chi connectivity index (χ4n) is 2.90. The summed E-state index contributed by atoms with van der Waals surface area (Å²) in [6, 6.07) is 16.5. The van der Waals surface area contributed by atoms with Crippen molar-refractivity contribution in [1.82, 2.24) is 9.78 Å². The summed E-state index contributed by atoms with van der Waals surface area (Å²) in [5, 5.41) is 8.65. The minimum Gasteiger partial charge on any atom is -0.451 e. The quantitative estimate of drug-likeness (QED) is 0.265. The molecule has 0 bridgehead atoms. The van der Waals surface area contributed by atoms with Gasteiger partial charge in [-0.2, -0.15) is 5.10 Å². The molecule has 1 N–H and O–H groups in total. The standard InChI is InChI=1S/C21H15ClIN3O3S/c1-12-15-10-18(30-20(15)26(25-12)17-8-3-2-7-16(17)22)21(28)29-11-19(27)24-14-6-4-5-13(23)9-14/h2-10H,11H2,1H3,(H,24,27). The zero-order chi connectivity index (χ0) is 21.3. The van der Waals surface area contributed by atoms with Gasteiger partial charge in [-0.3, -0.25) is 4.79 Å². The molecule has 0 saturated carbocycles. The van der Waals surface area contributed by atoms with Gasteiger partial charge in [0.25, 0.3) is 5.91 Å². The molecule has 4 rings (SSSR count). The smallest absolute Gasteiger partial charge is 0.348 e. The number of benzene rings is 2. The van der Waals surface area contributed by atoms with Crippen LogP contribution in [0.5, 0.6) is 0 Å². The second-order valence-electron chi connectivity index (χ2n) is 6.41. The molecule has 30 heavy (non-hydrogen) atoms. The Bertz CT molecular complexity index is 1270. The predicted octanol–water partition coefficient (Wildman–Crippen LogP) is 5.45. The van der Waals surface area contributed by atoms with E-state index in [1.165, 1.54) is 11.3 Å². The van der Waals surface area contributed by atoms with E-state index < -0.39 is 11.9 Å². The third kappa shape index (κ3) is 4.35. The highest BCUT2D eigenvalue weighted by atomic mass is 127. The maximum Gasteiger partial charge on any atom is 0.348 e. The summed E-state index contributed by atoms with van der Waals surface area (Å²) >= 11 is 9.71. The average molecular weight is 552 g/mol. The molecule has 0 unspecified atom stereocenters. The normalized spacial score (nSPS) is 10.9. The Kier molecular flexibility index (Phi) is 6.07. The summed E-state index contributed by atoms with van der Waals surface area (Å²) in [6.45, 7) is 1.50. The van der Waals surface area contributed by atoms with E-state index in [4.69, 9.17) is 16.3 Å². The minimum atomic E-state index is -0.556. The van der Waals surface area contributed by atoms with Gasteiger partial charge in [0, 0.05) is 14.6 Å². The van der Waals surface area contributed by atoms with Crippen LogP contribution in [0.1, 0.15) is 15.4 Å². The van der Waals surface area contributed by atoms with Crippen molar-refractivity contribution in [2.45, 2.75) is 6.92 Å². The molecular formula is C21H15ClIN3O3S. The van der Waals surface area contributed by atoms with Crippen LogP contribution in [0.2, 0.25) is 5.02 Å². The van der Waals surface area contributed by atoms with E-state index in [0.29, 0.717) is 15.6 Å². The third-order valence-electron chi connectivity index (χ3n) is 4.27. The van der Waals surface area contributed by atoms with Crippen LogP contribution >= 0.6 is 45.5 Å². The molecule has 0 atom stereocenters. The highest BCUT2D eigenvalue weighted by Crippen LogP contribution is 2.32. The number of esters is 1. The molecule has 0 fully saturated rings. The summed E-state index contributed by atoms with van der Waals surface area (Å²) < 4.78 is 7.92. The molecule has 0 spiro atoms. The number of nitrogens with zero attached hydrogens (tertiary/aromatic N) is 2. The first-order valence-electron chi connectivity index (χ1n) is 8.89. The molecular weight excluding hydrogens is 537 g/mol. The van der Waals surface area contributed by atoms with Crippen LogP contribution in [0.3, 0.4) is 0 Å². The Labute approximate surface area is 194 Å². The third-order valence-corrected chi connectivity index (χ3v) is 6.35. The van der Waals surface area contributed by atoms with Crippen LogP contribution in [0, 0.1) is 10.5 Å². The van der Waals surface area contributed by atoms with Crippen LogP contribution in [0.4, 0.5) is 5.69 Å². The van der Waals surface area contributed by atoms with Crippen molar-refractivity contribution >= 4 is 73.3 Å². The van der Waals surface area contributed by atoms with E-state index in [0.717, 1.165) is 25.2 Å². The molecule has 0 aliphatic rings. The molecule has 4 aromatic rings. The van der Waals surface area contributed by atoms with Gasteiger partial charge in [0.05, 0.1) is 16.4 Å². The van der Waals surface area contributed by atoms with Crippen molar-refractivity contribution in [3.8, 4) is 5.69 Å². The first kappa shape index (κ1) is 20.8. The Morgan fingerprint density at radius 3 is 2.77 bits per heavy atom. The second kappa shape index (κ2) is 8.75. The zero-order valence-corrected chi connectivity index (χ0v) is 19.4. The summed E-state index contributed by atoms with van der Waals surface area (Å²) in [5.74, 6) is -0.955. The van der Waals surface area contributed by atoms with E-state index in [2.05, 4.69) is 33.0 Å². The number of fused-ring (bicyclic) bond motifs is 1. The molecule has 0 aliphatic carbocycles. The lowest BCUT2D eigenvalue weighted by molar-refractivity contribution is -0.119. The molecule has 9 heteroatoms. The number of ether oxygens (including phenoxy) is 1. The largest absolute Gasteiger partial charge is 0.451 e. The number of hydrogen-bond donors (Lipinski definition) is 1. The monoisotopic (exact) mass is 551 g/mol. The van der Waals surface area contributed by atoms with Crippen molar-refractivity contribution in [2.24, 2.45) is 0 Å². The highest BCUT2D eigenvalue weighted by Gasteiger charge is 2.19. The number of aromatic nitrogens is 2. The fourth-order valence-corrected chi connectivity index (χ4v) is 4.73. The first-order chi connectivity index (χ1) is 14.4. The number of thiophene rings is 1. The topological polar surface area (TPSA) is 73.2 Å². The van der Waals surface area contributed by atoms with Gasteiger partial charge in [-0.05, 0) is 65.9 Å². The van der Waals surface area contributed by atoms with E-state index in [1.807, 2.05) is 43.3 Å². The molecule has 0 saturated heterocycles. The van der Waals surface area contributed by atoms with Crippen LogP contribution in [0.25, 0.3) is 15.9 Å². The summed E-state index contributed by atoms with van der Waals surface area (Å²) in [5.41, 5.74) is 2.16. The van der Waals surface area contributed by atoms with Crippen molar-refractivity contribution in [1.29, 1.82) is 0 Å². The lowest BCUT2D eigenvalue weighted by Gasteiger charge is -2.06. The fraction of sp³-hybridized carbons (Fsp3) is 0.0952. The molecule has 2 heterocycles. The Balaban J connectivity index is 1.49. The van der Waals surface area contributed by atoms with E-state index in [1.54, 1.807) is 22.9 Å². The number of rotatable bonds is 5. The van der Waals surface area contributed by atoms with Crippen LogP contribution in [-0.4, -0.2) is 28.3 Å². The number of para-hydroxylation sites is 1. The molecule has 0 radical (unpaired) electrons. The molecule has 2 aromatic heterocycles. The van der Waals surface area contributed by atoms with Crippen LogP contribution in [0.15, 0.2) is 54.6 Å². The van der Waals surface area contributed by atoms with Crippen LogP contribution in [-0.2, 0) is 9.53 Å². The predicted molar refractivity (Wildman–Crippen MR) is 127 cm³/mol. The van der Waals surface area contributed by atoms with Crippen molar-refractivity contribution in [3.05, 3.63) is 73.8 Å². The van der Waals surface area contributed by atoms with Gasteiger partial charge >= 0.3 is 5.97 Å². The minimum absolute atomic E-state index is 0.367. The summed E-state index contributed by atoms with van der Waals surface area (Å²) in [6.07, 6.45) is 0. The van der Waals surface area contributed by atoms with Crippen molar-refractivity contribution in [3.63, 3.8) is 0 Å². The number of amides is 1. The lowest BCUT2D eigenvalue weighted by Crippen LogP contribution is -2.20. The zero-order valence-electron chi connectivity index (χ0n) is 15.7. The second-order valence-corrected chi connectivity index (χ2v) is 9.10. The van der Waals surface area contributed by atoms with E-state index in [9.17, 15) is 9.59 Å². The summed E-state index contributed by atoms with van der Waals surface area (Å²) in [4.78, 5) is 25.8. The van der Waals surface area contributed by atoms with Gasteiger partial charge < -0.3 is 10.1 Å². The number of aryl methyl sites for hydroxylation is 1. The maximum absolute atomic E-state index is 12.5. The Morgan fingerprint density at radius 2 is 2.00 bits per heavy atom. The number of anilines is 1. The Hall–Kier alpha value is -2.43. The number of hydrogen-bond acceptors (Lipinski definition) is 5. The first-order valence-corrected chi connectivity index (χ1v) is 11.2. The van der Waals surface area contributed by atoms with Crippen LogP contribution < -0.4 is 5.32 Å². The SMILES string of the molecule is Cc1nn(-c2ccccc2Cl)c2sc(C(=O)OCC(=O)Nc3cccc(I)c3)cc12. The molecule has 152 valence electrons. The van der Waals surface area contributed by atoms with Gasteiger partial charge in [-0.15, -0.1) is 11.3 Å². The lowest BCUT2D eigenvalue weighted by atomic mass is 10.3. The van der Waals surface area contributed by atoms with Crippen molar-refractivity contribution in [2.75, 3.05) is 11.9 Å². The molecule has 6 nitrogen and oxygen atoms in total. The number of carbonyl (C=O) groups is 2. The van der Waals surface area contributed by atoms with E-state index >= 15 is 0 Å². The number of nitrogens with one attached hydrogen (secondary N) is 1. The van der Waals surface area contributed by atoms with Gasteiger partial charge in [-0.25, -0.2) is 9.48 Å². The van der Waals surface area contributed by atoms with Gasteiger partial charge in [0.2, 0.25) is 0 Å². The van der Waals surface area contributed by atoms with Crippen molar-refractivity contribution < 1.29 is 14.3 Å². The summed E-state index contributed by atoms with van der Waals surface area (Å²) in [7, 11) is 0. The molecule has 0 aliphatic heterocycles. The molecule has 2 aromatic carbocycles. The van der Waals surface area contributed by atoms with Gasteiger partial charge in [-0.1, -0.05) is 29.8 Å². The maximum atomic E-state index is 12.5. The number of carbonyl (C=O) groups excluding carboxylic acids is 2. The highest BCUT2D eigenvalue weighted by molar-refractivity contribution is 14.1. The Morgan fingerprint density at radius 1 is 1.20 bits per heavy atom. The van der Waals surface area contributed by atoms with Gasteiger partial charge in [0.15, 0.2) is 6.61 Å². The van der Waals surface area contributed by atoms with E-state index in [-0.39, 0.29) is 6.61 Å². The molecule has 1 amide bonds. The number of halogens is 2. The average Bonchev–Trinajstić information content (AvgIpc) is 3.27.